The maximum Gasteiger partial charge on any atom is 1.00 e. The zero-order valence-electron chi connectivity index (χ0n) is 24.9. The Balaban J connectivity index is 0.00000276. The molecule has 0 bridgehead atoms. The van der Waals surface area contributed by atoms with E-state index in [0.717, 1.165) is 12.1 Å². The number of methoxy groups -OCH3 is 1. The van der Waals surface area contributed by atoms with Crippen molar-refractivity contribution in [2.45, 2.75) is 68.3 Å². The summed E-state index contributed by atoms with van der Waals surface area (Å²) in [5.41, 5.74) is -0.381. The van der Waals surface area contributed by atoms with Crippen molar-refractivity contribution >= 4 is 11.0 Å². The average Bonchev–Trinajstić information content (AvgIpc) is 2.97. The van der Waals surface area contributed by atoms with E-state index in [2.05, 4.69) is 0 Å². The predicted octanol–water partition coefficient (Wildman–Crippen LogP) is -3.97. The van der Waals surface area contributed by atoms with Crippen molar-refractivity contribution < 1.29 is 99.9 Å². The fourth-order valence-corrected chi connectivity index (χ4v) is 4.92. The molecule has 0 amide bonds. The molecule has 8 N–H and O–H groups in total. The molecule has 10 atom stereocenters. The minimum Gasteiger partial charge on any atom is -1.00 e. The summed E-state index contributed by atoms with van der Waals surface area (Å²) < 4.78 is 32.9. The molecule has 0 unspecified atom stereocenters. The van der Waals surface area contributed by atoms with Gasteiger partial charge in [-0.2, -0.15) is 0 Å². The van der Waals surface area contributed by atoms with Crippen molar-refractivity contribution in [3.05, 3.63) is 46.6 Å². The monoisotopic (exact) mass is 632 g/mol. The van der Waals surface area contributed by atoms with Crippen molar-refractivity contribution in [2.75, 3.05) is 13.7 Å². The van der Waals surface area contributed by atoms with Crippen LogP contribution in [0.25, 0.3) is 22.3 Å². The third-order valence-electron chi connectivity index (χ3n) is 7.40. The summed E-state index contributed by atoms with van der Waals surface area (Å²) in [6.45, 7) is 0.953. The number of hydrogen-bond donors (Lipinski definition) is 8. The molecule has 2 aliphatic rings. The van der Waals surface area contributed by atoms with E-state index in [-0.39, 0.29) is 65.0 Å². The van der Waals surface area contributed by atoms with Gasteiger partial charge in [-0.3, -0.25) is 4.79 Å². The topological polar surface area (TPSA) is 238 Å². The van der Waals surface area contributed by atoms with Gasteiger partial charge in [-0.05, 0) is 25.1 Å². The van der Waals surface area contributed by atoms with Gasteiger partial charge in [0.2, 0.25) is 6.29 Å². The van der Waals surface area contributed by atoms with Gasteiger partial charge < -0.3 is 70.4 Å². The van der Waals surface area contributed by atoms with E-state index in [0.29, 0.717) is 5.56 Å². The Morgan fingerprint density at radius 3 is 2.18 bits per heavy atom. The molecule has 44 heavy (non-hydrogen) atoms. The predicted molar refractivity (Wildman–Crippen MR) is 145 cm³/mol. The van der Waals surface area contributed by atoms with Crippen LogP contribution in [0.5, 0.6) is 23.0 Å². The third-order valence-corrected chi connectivity index (χ3v) is 7.40. The zero-order valence-corrected chi connectivity index (χ0v) is 25.9. The Kier molecular flexibility index (Phi) is 10.8. The van der Waals surface area contributed by atoms with Crippen molar-refractivity contribution in [3.8, 4) is 34.3 Å². The van der Waals surface area contributed by atoms with E-state index in [9.17, 15) is 45.6 Å². The molecule has 2 aliphatic heterocycles. The quantitative estimate of drug-likeness (QED) is 0.116. The van der Waals surface area contributed by atoms with Crippen LogP contribution in [0.1, 0.15) is 8.35 Å². The normalized spacial score (nSPS) is 32.2. The maximum absolute atomic E-state index is 12.8. The first kappa shape index (κ1) is 34.4. The smallest absolute Gasteiger partial charge is 1.00 e. The maximum atomic E-state index is 12.8. The fourth-order valence-electron chi connectivity index (χ4n) is 4.92. The van der Waals surface area contributed by atoms with E-state index in [1.165, 1.54) is 32.2 Å². The van der Waals surface area contributed by atoms with Crippen LogP contribution in [0.15, 0.2) is 45.6 Å². The van der Waals surface area contributed by atoms with Crippen LogP contribution in [0, 0.1) is 0 Å². The van der Waals surface area contributed by atoms with Crippen LogP contribution in [-0.2, 0) is 14.2 Å². The van der Waals surface area contributed by atoms with E-state index in [1.807, 2.05) is 0 Å². The number of aromatic hydroxyl groups is 2. The Morgan fingerprint density at radius 2 is 1.50 bits per heavy atom. The molecular weight excluding hydrogens is 599 g/mol. The van der Waals surface area contributed by atoms with Crippen LogP contribution < -0.4 is 44.5 Å². The SMILES string of the molecule is COc1ccc(-c2cc(=O)c3c(O)cc(O[C@@H]4O[C@H](CO[C@@H]5O[C@@H](C)[C@H](O)[C@@H](O)[C@H]5O)[C@@H](O)[C@H](O)[C@H]4O)cc3o2)cc1O.[H-].[Na+]. The number of phenolic OH excluding ortho intramolecular Hbond substituents is 2. The summed E-state index contributed by atoms with van der Waals surface area (Å²) in [6, 6.07) is 7.78. The minimum atomic E-state index is -1.78. The number of hydrogen-bond acceptors (Lipinski definition) is 15. The number of ether oxygens (including phenoxy) is 5. The first-order valence-corrected chi connectivity index (χ1v) is 13.3. The zero-order chi connectivity index (χ0) is 31.2. The molecule has 2 fully saturated rings. The molecule has 0 spiro atoms. The van der Waals surface area contributed by atoms with E-state index >= 15 is 0 Å². The Hall–Kier alpha value is -2.51. The third kappa shape index (κ3) is 6.69. The van der Waals surface area contributed by atoms with E-state index in [4.69, 9.17) is 28.1 Å². The van der Waals surface area contributed by atoms with Gasteiger partial charge in [0.1, 0.15) is 71.0 Å². The molecule has 3 heterocycles. The fraction of sp³-hybridized carbons (Fsp3) is 0.464. The summed E-state index contributed by atoms with van der Waals surface area (Å²) in [4.78, 5) is 12.8. The van der Waals surface area contributed by atoms with Crippen LogP contribution in [0.2, 0.25) is 0 Å². The van der Waals surface area contributed by atoms with Gasteiger partial charge in [-0.15, -0.1) is 0 Å². The van der Waals surface area contributed by atoms with Crippen molar-refractivity contribution in [2.24, 2.45) is 0 Å². The first-order valence-electron chi connectivity index (χ1n) is 13.3. The molecule has 0 radical (unpaired) electrons. The summed E-state index contributed by atoms with van der Waals surface area (Å²) in [5, 5.41) is 82.0. The van der Waals surface area contributed by atoms with Gasteiger partial charge in [0.15, 0.2) is 23.2 Å². The molecule has 236 valence electrons. The van der Waals surface area contributed by atoms with Crippen molar-refractivity contribution in [1.82, 2.24) is 0 Å². The molecule has 15 nitrogen and oxygen atoms in total. The first-order chi connectivity index (χ1) is 20.4. The second kappa shape index (κ2) is 13.9. The molecule has 2 aromatic carbocycles. The molecule has 3 aromatic rings. The van der Waals surface area contributed by atoms with Gasteiger partial charge in [0, 0.05) is 23.8 Å². The number of phenols is 2. The second-order valence-electron chi connectivity index (χ2n) is 10.3. The molecule has 0 saturated carbocycles. The van der Waals surface area contributed by atoms with Crippen molar-refractivity contribution in [3.63, 3.8) is 0 Å². The Morgan fingerprint density at radius 1 is 0.818 bits per heavy atom. The Bertz CT molecular complexity index is 1520. The number of rotatable bonds is 7. The van der Waals surface area contributed by atoms with Crippen LogP contribution >= 0.6 is 0 Å². The number of aliphatic hydroxyl groups is 6. The van der Waals surface area contributed by atoms with Gasteiger partial charge in [-0.1, -0.05) is 0 Å². The van der Waals surface area contributed by atoms with Gasteiger partial charge >= 0.3 is 29.6 Å². The molecule has 0 aliphatic carbocycles. The number of benzene rings is 2. The number of fused-ring (bicyclic) bond motifs is 1. The molecule has 1 aromatic heterocycles. The van der Waals surface area contributed by atoms with Gasteiger partial charge in [0.05, 0.1) is 19.8 Å². The molecular formula is C28H33NaO15. The van der Waals surface area contributed by atoms with Gasteiger partial charge in [0.25, 0.3) is 0 Å². The molecule has 5 rings (SSSR count). The minimum absolute atomic E-state index is 0. The molecule has 2 saturated heterocycles. The summed E-state index contributed by atoms with van der Waals surface area (Å²) in [6.07, 6.45) is -15.0. The van der Waals surface area contributed by atoms with Crippen LogP contribution in [0.4, 0.5) is 0 Å². The number of aliphatic hydroxyl groups excluding tert-OH is 6. The Labute approximate surface area is 273 Å². The van der Waals surface area contributed by atoms with Crippen LogP contribution in [-0.4, -0.2) is 116 Å². The summed E-state index contributed by atoms with van der Waals surface area (Å²) in [5.74, 6) is -0.605. The standard InChI is InChI=1S/C28H32O15.Na.H/c1-10-21(32)23(34)25(36)27(40-10)39-9-19-22(33)24(35)26(37)28(43-19)41-12-6-14(30)20-15(31)8-17(42-18(20)7-12)11-3-4-16(38-2)13(29)5-11;;/h3-8,10,19,21-30,32-37H,9H2,1-2H3;;/q;+1;-1/t10-,19+,21-,22+,23+,24-,25+,26+,27+,28+;;/m0../s1. The largest absolute Gasteiger partial charge is 1.00 e. The average molecular weight is 633 g/mol. The second-order valence-corrected chi connectivity index (χ2v) is 10.3. The van der Waals surface area contributed by atoms with Crippen molar-refractivity contribution in [1.29, 1.82) is 0 Å². The summed E-state index contributed by atoms with van der Waals surface area (Å²) in [7, 11) is 1.38. The molecule has 16 heteroatoms. The van der Waals surface area contributed by atoms with E-state index in [1.54, 1.807) is 6.07 Å². The van der Waals surface area contributed by atoms with Crippen LogP contribution in [0.3, 0.4) is 0 Å². The van der Waals surface area contributed by atoms with Gasteiger partial charge in [-0.25, -0.2) is 0 Å². The summed E-state index contributed by atoms with van der Waals surface area (Å²) >= 11 is 0. The van der Waals surface area contributed by atoms with E-state index < -0.39 is 79.2 Å².